The van der Waals surface area contributed by atoms with Crippen LogP contribution >= 0.6 is 11.3 Å². The Kier molecular flexibility index (Phi) is 3.04. The van der Waals surface area contributed by atoms with Crippen molar-refractivity contribution in [3.63, 3.8) is 0 Å². The monoisotopic (exact) mass is 182 g/mol. The van der Waals surface area contributed by atoms with Gasteiger partial charge in [-0.25, -0.2) is 0 Å². The normalized spacial score (nSPS) is 12.9. The molecular weight excluding hydrogens is 168 g/mol. The average Bonchev–Trinajstić information content (AvgIpc) is 2.48. The first-order valence-electron chi connectivity index (χ1n) is 4.25. The van der Waals surface area contributed by atoms with Crippen molar-refractivity contribution < 1.29 is 4.79 Å². The Balaban J connectivity index is 2.85. The molecule has 2 heteroatoms. The summed E-state index contributed by atoms with van der Waals surface area (Å²) in [5.41, 5.74) is 1.12. The van der Waals surface area contributed by atoms with Gasteiger partial charge in [-0.15, -0.1) is 11.3 Å². The molecule has 0 aliphatic carbocycles. The molecule has 0 saturated heterocycles. The van der Waals surface area contributed by atoms with Crippen LogP contribution in [-0.4, -0.2) is 5.78 Å². The van der Waals surface area contributed by atoms with E-state index in [9.17, 15) is 4.79 Å². The Morgan fingerprint density at radius 1 is 1.67 bits per heavy atom. The second-order valence-corrected chi connectivity index (χ2v) is 4.02. The van der Waals surface area contributed by atoms with Crippen LogP contribution in [-0.2, 0) is 0 Å². The van der Waals surface area contributed by atoms with Gasteiger partial charge in [0.05, 0.1) is 4.88 Å². The summed E-state index contributed by atoms with van der Waals surface area (Å²) in [4.78, 5) is 12.6. The van der Waals surface area contributed by atoms with Crippen LogP contribution in [0.4, 0.5) is 0 Å². The van der Waals surface area contributed by atoms with Gasteiger partial charge in [-0.05, 0) is 30.4 Å². The number of Topliss-reactive ketones (excluding diaryl/α,β-unsaturated/α-hetero) is 1. The predicted octanol–water partition coefficient (Wildman–Crippen LogP) is 3.29. The second kappa shape index (κ2) is 3.85. The molecule has 1 aromatic rings. The quantitative estimate of drug-likeness (QED) is 0.656. The van der Waals surface area contributed by atoms with Gasteiger partial charge >= 0.3 is 0 Å². The van der Waals surface area contributed by atoms with Crippen molar-refractivity contribution in [1.29, 1.82) is 0 Å². The molecule has 0 N–H and O–H groups in total. The van der Waals surface area contributed by atoms with E-state index in [0.717, 1.165) is 16.9 Å². The van der Waals surface area contributed by atoms with E-state index in [-0.39, 0.29) is 5.92 Å². The molecule has 12 heavy (non-hydrogen) atoms. The highest BCUT2D eigenvalue weighted by molar-refractivity contribution is 7.12. The van der Waals surface area contributed by atoms with Crippen LogP contribution in [0.2, 0.25) is 0 Å². The molecule has 1 unspecified atom stereocenters. The van der Waals surface area contributed by atoms with Gasteiger partial charge in [-0.3, -0.25) is 4.79 Å². The summed E-state index contributed by atoms with van der Waals surface area (Å²) >= 11 is 1.55. The third-order valence-corrected chi connectivity index (χ3v) is 3.18. The Morgan fingerprint density at radius 2 is 2.33 bits per heavy atom. The molecule has 66 valence electrons. The molecule has 1 rings (SSSR count). The highest BCUT2D eigenvalue weighted by Gasteiger charge is 2.15. The van der Waals surface area contributed by atoms with Crippen LogP contribution in [0.15, 0.2) is 11.4 Å². The van der Waals surface area contributed by atoms with Crippen LogP contribution in [0.3, 0.4) is 0 Å². The maximum atomic E-state index is 11.7. The highest BCUT2D eigenvalue weighted by Crippen LogP contribution is 2.20. The lowest BCUT2D eigenvalue weighted by atomic mass is 10.0. The van der Waals surface area contributed by atoms with E-state index >= 15 is 0 Å². The third kappa shape index (κ3) is 1.75. The van der Waals surface area contributed by atoms with Gasteiger partial charge < -0.3 is 0 Å². The number of thiophene rings is 1. The second-order valence-electron chi connectivity index (χ2n) is 3.11. The molecular formula is C10H14OS. The minimum atomic E-state index is 0.169. The maximum Gasteiger partial charge on any atom is 0.175 e. The number of rotatable bonds is 3. The maximum absolute atomic E-state index is 11.7. The predicted molar refractivity (Wildman–Crippen MR) is 52.8 cm³/mol. The summed E-state index contributed by atoms with van der Waals surface area (Å²) in [7, 11) is 0. The number of aryl methyl sites for hydroxylation is 1. The number of hydrogen-bond donors (Lipinski definition) is 0. The SMILES string of the molecule is CCC(C)C(=O)c1sccc1C. The van der Waals surface area contributed by atoms with Crippen LogP contribution in [0.5, 0.6) is 0 Å². The Hall–Kier alpha value is -0.630. The third-order valence-electron chi connectivity index (χ3n) is 2.15. The summed E-state index contributed by atoms with van der Waals surface area (Å²) in [6.07, 6.45) is 0.927. The fourth-order valence-corrected chi connectivity index (χ4v) is 2.01. The zero-order valence-corrected chi connectivity index (χ0v) is 8.57. The molecule has 1 atom stereocenters. The lowest BCUT2D eigenvalue weighted by Crippen LogP contribution is -2.09. The van der Waals surface area contributed by atoms with Crippen molar-refractivity contribution in [2.75, 3.05) is 0 Å². The molecule has 0 aromatic carbocycles. The molecule has 0 saturated carbocycles. The highest BCUT2D eigenvalue weighted by atomic mass is 32.1. The minimum absolute atomic E-state index is 0.169. The fraction of sp³-hybridized carbons (Fsp3) is 0.500. The molecule has 0 radical (unpaired) electrons. The lowest BCUT2D eigenvalue weighted by Gasteiger charge is -2.05. The lowest BCUT2D eigenvalue weighted by molar-refractivity contribution is 0.0931. The van der Waals surface area contributed by atoms with Gasteiger partial charge in [0.25, 0.3) is 0 Å². The van der Waals surface area contributed by atoms with Crippen LogP contribution in [0.25, 0.3) is 0 Å². The summed E-state index contributed by atoms with van der Waals surface area (Å²) in [5.74, 6) is 0.465. The Bertz CT molecular complexity index is 275. The van der Waals surface area contributed by atoms with Crippen molar-refractivity contribution in [1.82, 2.24) is 0 Å². The van der Waals surface area contributed by atoms with Gasteiger partial charge in [0.1, 0.15) is 0 Å². The topological polar surface area (TPSA) is 17.1 Å². The van der Waals surface area contributed by atoms with Crippen molar-refractivity contribution in [2.45, 2.75) is 27.2 Å². The number of carbonyl (C=O) groups is 1. The van der Waals surface area contributed by atoms with E-state index in [4.69, 9.17) is 0 Å². The van der Waals surface area contributed by atoms with Gasteiger partial charge in [0.2, 0.25) is 0 Å². The smallest absolute Gasteiger partial charge is 0.175 e. The standard InChI is InChI=1S/C10H14OS/c1-4-7(2)9(11)10-8(3)5-6-12-10/h5-7H,4H2,1-3H3. The first kappa shape index (κ1) is 9.46. The van der Waals surface area contributed by atoms with E-state index in [1.54, 1.807) is 11.3 Å². The summed E-state index contributed by atoms with van der Waals surface area (Å²) in [6, 6.07) is 2.00. The zero-order valence-electron chi connectivity index (χ0n) is 7.76. The molecule has 1 heterocycles. The van der Waals surface area contributed by atoms with Crippen LogP contribution in [0, 0.1) is 12.8 Å². The van der Waals surface area contributed by atoms with Crippen LogP contribution < -0.4 is 0 Å². The Labute approximate surface area is 77.4 Å². The van der Waals surface area contributed by atoms with E-state index in [1.165, 1.54) is 0 Å². The van der Waals surface area contributed by atoms with Crippen molar-refractivity contribution in [2.24, 2.45) is 5.92 Å². The average molecular weight is 182 g/mol. The molecule has 0 aliphatic heterocycles. The molecule has 0 spiro atoms. The number of carbonyl (C=O) groups excluding carboxylic acids is 1. The van der Waals surface area contributed by atoms with Crippen molar-refractivity contribution in [3.05, 3.63) is 21.9 Å². The zero-order chi connectivity index (χ0) is 9.14. The molecule has 0 bridgehead atoms. The summed E-state index contributed by atoms with van der Waals surface area (Å²) in [6.45, 7) is 6.03. The van der Waals surface area contributed by atoms with Gasteiger partial charge in [-0.1, -0.05) is 13.8 Å². The van der Waals surface area contributed by atoms with Crippen molar-refractivity contribution in [3.8, 4) is 0 Å². The summed E-state index contributed by atoms with van der Waals surface area (Å²) < 4.78 is 0. The largest absolute Gasteiger partial charge is 0.293 e. The van der Waals surface area contributed by atoms with Gasteiger partial charge in [-0.2, -0.15) is 0 Å². The molecule has 1 nitrogen and oxygen atoms in total. The van der Waals surface area contributed by atoms with Crippen molar-refractivity contribution >= 4 is 17.1 Å². The number of ketones is 1. The Morgan fingerprint density at radius 3 is 2.75 bits per heavy atom. The molecule has 0 aliphatic rings. The first-order chi connectivity index (χ1) is 5.66. The molecule has 1 aromatic heterocycles. The molecule has 0 fully saturated rings. The summed E-state index contributed by atoms with van der Waals surface area (Å²) in [5, 5.41) is 1.98. The van der Waals surface area contributed by atoms with E-state index in [1.807, 2.05) is 32.2 Å². The van der Waals surface area contributed by atoms with E-state index in [2.05, 4.69) is 0 Å². The number of hydrogen-bond acceptors (Lipinski definition) is 2. The minimum Gasteiger partial charge on any atom is -0.293 e. The molecule has 0 amide bonds. The van der Waals surface area contributed by atoms with Gasteiger partial charge in [0, 0.05) is 5.92 Å². The van der Waals surface area contributed by atoms with E-state index < -0.39 is 0 Å². The van der Waals surface area contributed by atoms with Crippen LogP contribution in [0.1, 0.15) is 35.5 Å². The first-order valence-corrected chi connectivity index (χ1v) is 5.13. The van der Waals surface area contributed by atoms with Gasteiger partial charge in [0.15, 0.2) is 5.78 Å². The fourth-order valence-electron chi connectivity index (χ4n) is 1.03. The van der Waals surface area contributed by atoms with E-state index in [0.29, 0.717) is 5.78 Å².